The lowest BCUT2D eigenvalue weighted by Crippen LogP contribution is -2.36. The van der Waals surface area contributed by atoms with Gasteiger partial charge in [0.2, 0.25) is 0 Å². The van der Waals surface area contributed by atoms with Crippen molar-refractivity contribution < 1.29 is 9.90 Å². The summed E-state index contributed by atoms with van der Waals surface area (Å²) in [5, 5.41) is 15.1. The highest BCUT2D eigenvalue weighted by Crippen LogP contribution is 2.22. The number of hydrogen-bond acceptors (Lipinski definition) is 3. The summed E-state index contributed by atoms with van der Waals surface area (Å²) >= 11 is 1.58. The second kappa shape index (κ2) is 7.81. The van der Waals surface area contributed by atoms with Crippen molar-refractivity contribution in [3.8, 4) is 0 Å². The number of aliphatic hydroxyl groups excluding tert-OH is 1. The van der Waals surface area contributed by atoms with Gasteiger partial charge in [-0.3, -0.25) is 0 Å². The molecule has 0 bridgehead atoms. The average molecular weight is 304 g/mol. The predicted octanol–water partition coefficient (Wildman–Crippen LogP) is 2.84. The molecule has 1 aromatic carbocycles. The number of thiophene rings is 1. The third kappa shape index (κ3) is 5.21. The highest BCUT2D eigenvalue weighted by Gasteiger charge is 2.05. The van der Waals surface area contributed by atoms with Crippen molar-refractivity contribution in [2.24, 2.45) is 0 Å². The summed E-state index contributed by atoms with van der Waals surface area (Å²) in [5.74, 6) is 0. The Hall–Kier alpha value is -1.85. The molecule has 2 aromatic rings. The first kappa shape index (κ1) is 15.5. The highest BCUT2D eigenvalue weighted by atomic mass is 32.1. The maximum Gasteiger partial charge on any atom is 0.315 e. The van der Waals surface area contributed by atoms with Gasteiger partial charge < -0.3 is 15.7 Å². The Bertz CT molecular complexity index is 567. The molecule has 2 rings (SSSR count). The minimum Gasteiger partial charge on any atom is -0.388 e. The van der Waals surface area contributed by atoms with E-state index in [0.717, 1.165) is 21.7 Å². The number of carbonyl (C=O) groups excluding carboxylic acids is 1. The van der Waals surface area contributed by atoms with Gasteiger partial charge in [0.25, 0.3) is 0 Å². The van der Waals surface area contributed by atoms with Crippen molar-refractivity contribution in [2.75, 3.05) is 6.54 Å². The third-order valence-corrected chi connectivity index (χ3v) is 4.36. The van der Waals surface area contributed by atoms with Gasteiger partial charge in [-0.2, -0.15) is 0 Å². The SMILES string of the molecule is C[C@H](O)c1ccc(CCNC(=O)NCc2ccccc2)s1. The van der Waals surface area contributed by atoms with Gasteiger partial charge >= 0.3 is 6.03 Å². The number of amides is 2. The summed E-state index contributed by atoms with van der Waals surface area (Å²) in [7, 11) is 0. The van der Waals surface area contributed by atoms with Crippen LogP contribution in [0, 0.1) is 0 Å². The van der Waals surface area contributed by atoms with Crippen molar-refractivity contribution in [1.82, 2.24) is 10.6 Å². The highest BCUT2D eigenvalue weighted by molar-refractivity contribution is 7.12. The number of nitrogens with one attached hydrogen (secondary N) is 2. The van der Waals surface area contributed by atoms with Gasteiger partial charge in [0.05, 0.1) is 6.10 Å². The van der Waals surface area contributed by atoms with E-state index in [1.807, 2.05) is 42.5 Å². The maximum absolute atomic E-state index is 11.7. The van der Waals surface area contributed by atoms with Crippen LogP contribution in [-0.2, 0) is 13.0 Å². The molecule has 4 nitrogen and oxygen atoms in total. The fourth-order valence-electron chi connectivity index (χ4n) is 1.89. The lowest BCUT2D eigenvalue weighted by Gasteiger charge is -2.07. The maximum atomic E-state index is 11.7. The van der Waals surface area contributed by atoms with E-state index in [4.69, 9.17) is 0 Å². The number of hydrogen-bond donors (Lipinski definition) is 3. The zero-order chi connectivity index (χ0) is 15.1. The van der Waals surface area contributed by atoms with Gasteiger partial charge in [0, 0.05) is 22.8 Å². The molecule has 0 saturated carbocycles. The average Bonchev–Trinajstić information content (AvgIpc) is 2.95. The molecule has 0 aliphatic rings. The van der Waals surface area contributed by atoms with E-state index >= 15 is 0 Å². The molecule has 0 aliphatic heterocycles. The van der Waals surface area contributed by atoms with Crippen molar-refractivity contribution in [3.05, 3.63) is 57.8 Å². The van der Waals surface area contributed by atoms with Crippen LogP contribution in [0.2, 0.25) is 0 Å². The molecule has 1 aromatic heterocycles. The Labute approximate surface area is 128 Å². The van der Waals surface area contributed by atoms with Crippen LogP contribution in [0.4, 0.5) is 4.79 Å². The molecule has 0 spiro atoms. The summed E-state index contributed by atoms with van der Waals surface area (Å²) in [5.41, 5.74) is 1.08. The summed E-state index contributed by atoms with van der Waals surface area (Å²) in [6.07, 6.45) is 0.349. The molecule has 5 heteroatoms. The van der Waals surface area contributed by atoms with E-state index in [1.165, 1.54) is 0 Å². The van der Waals surface area contributed by atoms with Crippen molar-refractivity contribution in [2.45, 2.75) is 26.0 Å². The monoisotopic (exact) mass is 304 g/mol. The second-order valence-electron chi connectivity index (χ2n) is 4.83. The van der Waals surface area contributed by atoms with Crippen LogP contribution in [0.5, 0.6) is 0 Å². The van der Waals surface area contributed by atoms with Crippen molar-refractivity contribution in [3.63, 3.8) is 0 Å². The van der Waals surface area contributed by atoms with Gasteiger partial charge in [-0.05, 0) is 31.0 Å². The van der Waals surface area contributed by atoms with Gasteiger partial charge in [0.15, 0.2) is 0 Å². The molecule has 2 amide bonds. The standard InChI is InChI=1S/C16H20N2O2S/c1-12(19)15-8-7-14(21-15)9-10-17-16(20)18-11-13-5-3-2-4-6-13/h2-8,12,19H,9-11H2,1H3,(H2,17,18,20)/t12-/m0/s1. The number of rotatable bonds is 6. The van der Waals surface area contributed by atoms with Crippen LogP contribution in [-0.4, -0.2) is 17.7 Å². The smallest absolute Gasteiger partial charge is 0.315 e. The Morgan fingerprint density at radius 3 is 2.62 bits per heavy atom. The molecule has 1 atom stereocenters. The second-order valence-corrected chi connectivity index (χ2v) is 6.03. The first-order valence-electron chi connectivity index (χ1n) is 6.97. The number of urea groups is 1. The number of aliphatic hydroxyl groups is 1. The fraction of sp³-hybridized carbons (Fsp3) is 0.312. The Morgan fingerprint density at radius 2 is 1.95 bits per heavy atom. The number of carbonyl (C=O) groups is 1. The fourth-order valence-corrected chi connectivity index (χ4v) is 2.84. The zero-order valence-electron chi connectivity index (χ0n) is 12.0. The molecule has 21 heavy (non-hydrogen) atoms. The van der Waals surface area contributed by atoms with Crippen LogP contribution < -0.4 is 10.6 Å². The molecule has 0 fully saturated rings. The molecule has 0 radical (unpaired) electrons. The molecule has 3 N–H and O–H groups in total. The van der Waals surface area contributed by atoms with Gasteiger partial charge in [-0.25, -0.2) is 4.79 Å². The molecular formula is C16H20N2O2S. The number of benzene rings is 1. The van der Waals surface area contributed by atoms with E-state index in [-0.39, 0.29) is 6.03 Å². The van der Waals surface area contributed by atoms with Crippen LogP contribution in [0.15, 0.2) is 42.5 Å². The van der Waals surface area contributed by atoms with E-state index < -0.39 is 6.10 Å². The quantitative estimate of drug-likeness (QED) is 0.768. The lowest BCUT2D eigenvalue weighted by molar-refractivity contribution is 0.203. The Morgan fingerprint density at radius 1 is 1.19 bits per heavy atom. The first-order valence-corrected chi connectivity index (χ1v) is 7.79. The van der Waals surface area contributed by atoms with E-state index in [9.17, 15) is 9.90 Å². The van der Waals surface area contributed by atoms with Gasteiger partial charge in [0.1, 0.15) is 0 Å². The normalized spacial score (nSPS) is 11.9. The summed E-state index contributed by atoms with van der Waals surface area (Å²) in [4.78, 5) is 13.8. The first-order chi connectivity index (χ1) is 10.1. The minimum absolute atomic E-state index is 0.161. The summed E-state index contributed by atoms with van der Waals surface area (Å²) < 4.78 is 0. The molecule has 0 unspecified atom stereocenters. The van der Waals surface area contributed by atoms with E-state index in [2.05, 4.69) is 10.6 Å². The van der Waals surface area contributed by atoms with E-state index in [0.29, 0.717) is 13.1 Å². The summed E-state index contributed by atoms with van der Waals surface area (Å²) in [6, 6.07) is 13.6. The molecule has 0 saturated heterocycles. The predicted molar refractivity (Wildman–Crippen MR) is 85.3 cm³/mol. The van der Waals surface area contributed by atoms with Crippen molar-refractivity contribution in [1.29, 1.82) is 0 Å². The Kier molecular flexibility index (Phi) is 5.78. The Balaban J connectivity index is 1.67. The lowest BCUT2D eigenvalue weighted by atomic mass is 10.2. The van der Waals surface area contributed by atoms with Gasteiger partial charge in [-0.15, -0.1) is 11.3 Å². The van der Waals surface area contributed by atoms with Crippen LogP contribution in [0.1, 0.15) is 28.3 Å². The van der Waals surface area contributed by atoms with Gasteiger partial charge in [-0.1, -0.05) is 30.3 Å². The topological polar surface area (TPSA) is 61.4 Å². The third-order valence-electron chi connectivity index (χ3n) is 3.05. The van der Waals surface area contributed by atoms with Crippen LogP contribution in [0.3, 0.4) is 0 Å². The van der Waals surface area contributed by atoms with Crippen LogP contribution >= 0.6 is 11.3 Å². The van der Waals surface area contributed by atoms with E-state index in [1.54, 1.807) is 18.3 Å². The van der Waals surface area contributed by atoms with Crippen LogP contribution in [0.25, 0.3) is 0 Å². The molecule has 1 heterocycles. The largest absolute Gasteiger partial charge is 0.388 e. The molecule has 112 valence electrons. The zero-order valence-corrected chi connectivity index (χ0v) is 12.8. The summed E-state index contributed by atoms with van der Waals surface area (Å²) in [6.45, 7) is 2.86. The van der Waals surface area contributed by atoms with Crippen molar-refractivity contribution >= 4 is 17.4 Å². The minimum atomic E-state index is -0.425. The molecule has 0 aliphatic carbocycles. The molecular weight excluding hydrogens is 284 g/mol.